The molecule has 1 aliphatic heterocycles. The van der Waals surface area contributed by atoms with Gasteiger partial charge in [-0.05, 0) is 31.5 Å². The third kappa shape index (κ3) is 5.18. The van der Waals surface area contributed by atoms with E-state index in [1.807, 2.05) is 30.3 Å². The zero-order valence-corrected chi connectivity index (χ0v) is 16.2. The van der Waals surface area contributed by atoms with E-state index in [9.17, 15) is 4.79 Å². The van der Waals surface area contributed by atoms with E-state index in [0.29, 0.717) is 10.8 Å². The number of nitrogens with one attached hydrogen (secondary N) is 1. The fourth-order valence-corrected chi connectivity index (χ4v) is 3.15. The predicted molar refractivity (Wildman–Crippen MR) is 106 cm³/mol. The number of rotatable bonds is 5. The average Bonchev–Trinajstić information content (AvgIpc) is 2.94. The Morgan fingerprint density at radius 2 is 2.04 bits per heavy atom. The molecule has 0 spiro atoms. The van der Waals surface area contributed by atoms with E-state index in [1.165, 1.54) is 0 Å². The first-order valence-electron chi connectivity index (χ1n) is 8.84. The molecule has 1 aliphatic rings. The van der Waals surface area contributed by atoms with Gasteiger partial charge in [0.1, 0.15) is 12.2 Å². The number of ether oxygens (including phenoxy) is 2. The Kier molecular flexibility index (Phi) is 5.93. The summed E-state index contributed by atoms with van der Waals surface area (Å²) in [6, 6.07) is 13.2. The van der Waals surface area contributed by atoms with Crippen LogP contribution in [0.2, 0.25) is 5.02 Å². The summed E-state index contributed by atoms with van der Waals surface area (Å²) in [6.45, 7) is 4.62. The Balaban J connectivity index is 1.44. The van der Waals surface area contributed by atoms with E-state index in [2.05, 4.69) is 37.1 Å². The second-order valence-corrected chi connectivity index (χ2v) is 7.38. The first kappa shape index (κ1) is 19.1. The average molecular weight is 384 g/mol. The summed E-state index contributed by atoms with van der Waals surface area (Å²) in [6.07, 6.45) is 1.10. The number of hydrogen-bond donors (Lipinski definition) is 1. The molecular formula is C22H22ClNO3. The van der Waals surface area contributed by atoms with Crippen LogP contribution in [0, 0.1) is 11.8 Å². The first-order valence-corrected chi connectivity index (χ1v) is 9.22. The van der Waals surface area contributed by atoms with E-state index in [0.717, 1.165) is 23.3 Å². The van der Waals surface area contributed by atoms with Gasteiger partial charge in [0.25, 0.3) is 0 Å². The molecule has 3 rings (SSSR count). The van der Waals surface area contributed by atoms with Crippen LogP contribution in [0.25, 0.3) is 0 Å². The highest BCUT2D eigenvalue weighted by molar-refractivity contribution is 6.31. The van der Waals surface area contributed by atoms with Crippen LogP contribution in [-0.2, 0) is 17.6 Å². The molecule has 140 valence electrons. The number of halogens is 1. The van der Waals surface area contributed by atoms with Crippen LogP contribution in [0.15, 0.2) is 42.5 Å². The molecule has 0 saturated heterocycles. The normalized spacial score (nSPS) is 13.7. The molecule has 0 unspecified atom stereocenters. The van der Waals surface area contributed by atoms with Gasteiger partial charge in [0.2, 0.25) is 5.91 Å². The number of hydrogen-bond acceptors (Lipinski definition) is 3. The minimum Gasteiger partial charge on any atom is -0.483 e. The molecule has 1 amide bonds. The number of para-hydroxylation sites is 1. The van der Waals surface area contributed by atoms with Crippen molar-refractivity contribution in [1.82, 2.24) is 5.32 Å². The summed E-state index contributed by atoms with van der Waals surface area (Å²) >= 11 is 6.05. The lowest BCUT2D eigenvalue weighted by Gasteiger charge is -2.17. The third-order valence-electron chi connectivity index (χ3n) is 4.16. The van der Waals surface area contributed by atoms with Crippen LogP contribution in [0.3, 0.4) is 0 Å². The lowest BCUT2D eigenvalue weighted by Crippen LogP contribution is -2.25. The van der Waals surface area contributed by atoms with E-state index >= 15 is 0 Å². The first-order chi connectivity index (χ1) is 12.9. The monoisotopic (exact) mass is 383 g/mol. The van der Waals surface area contributed by atoms with Crippen LogP contribution in [0.4, 0.5) is 0 Å². The molecular weight excluding hydrogens is 362 g/mol. The molecule has 4 nitrogen and oxygen atoms in total. The maximum absolute atomic E-state index is 11.9. The molecule has 2 aromatic carbocycles. The summed E-state index contributed by atoms with van der Waals surface area (Å²) in [7, 11) is 0. The Bertz CT molecular complexity index is 896. The van der Waals surface area contributed by atoms with Crippen LogP contribution < -0.4 is 14.8 Å². The fraction of sp³-hybridized carbons (Fsp3) is 0.318. The number of fused-ring (bicyclic) bond motifs is 1. The van der Waals surface area contributed by atoms with Crippen LogP contribution >= 0.6 is 11.6 Å². The standard InChI is InChI=1S/C22H22ClNO3/c1-22(2)15-17-9-7-11-19(21(17)27-22)26-13-6-5-12-24-20(25)14-16-8-3-4-10-18(16)23/h3-4,7-11H,12-15H2,1-2H3,(H,24,25). The minimum atomic E-state index is -0.209. The quantitative estimate of drug-likeness (QED) is 0.799. The Morgan fingerprint density at radius 3 is 2.85 bits per heavy atom. The SMILES string of the molecule is CC1(C)Cc2cccc(OCC#CCNC(=O)Cc3ccccc3Cl)c2O1. The molecule has 0 atom stereocenters. The molecule has 0 bridgehead atoms. The third-order valence-corrected chi connectivity index (χ3v) is 4.53. The summed E-state index contributed by atoms with van der Waals surface area (Å²) < 4.78 is 11.7. The topological polar surface area (TPSA) is 47.6 Å². The lowest BCUT2D eigenvalue weighted by molar-refractivity contribution is -0.120. The van der Waals surface area contributed by atoms with Gasteiger partial charge in [-0.1, -0.05) is 53.8 Å². The summed E-state index contributed by atoms with van der Waals surface area (Å²) in [5, 5.41) is 3.35. The molecule has 1 heterocycles. The highest BCUT2D eigenvalue weighted by atomic mass is 35.5. The van der Waals surface area contributed by atoms with Crippen molar-refractivity contribution in [1.29, 1.82) is 0 Å². The largest absolute Gasteiger partial charge is 0.483 e. The second-order valence-electron chi connectivity index (χ2n) is 6.97. The fourth-order valence-electron chi connectivity index (χ4n) is 2.95. The van der Waals surface area contributed by atoms with Crippen molar-refractivity contribution in [3.8, 4) is 23.3 Å². The molecule has 2 aromatic rings. The molecule has 1 N–H and O–H groups in total. The zero-order chi connectivity index (χ0) is 19.3. The van der Waals surface area contributed by atoms with Gasteiger partial charge >= 0.3 is 0 Å². The minimum absolute atomic E-state index is 0.116. The van der Waals surface area contributed by atoms with E-state index < -0.39 is 0 Å². The van der Waals surface area contributed by atoms with Crippen molar-refractivity contribution in [2.45, 2.75) is 32.3 Å². The molecule has 0 fully saturated rings. The molecule has 0 aliphatic carbocycles. The van der Waals surface area contributed by atoms with Gasteiger partial charge in [0, 0.05) is 17.0 Å². The Labute approximate surface area is 164 Å². The van der Waals surface area contributed by atoms with Gasteiger partial charge in [0.15, 0.2) is 11.5 Å². The van der Waals surface area contributed by atoms with Crippen molar-refractivity contribution >= 4 is 17.5 Å². The highest BCUT2D eigenvalue weighted by Gasteiger charge is 2.32. The van der Waals surface area contributed by atoms with Crippen molar-refractivity contribution in [3.63, 3.8) is 0 Å². The summed E-state index contributed by atoms with van der Waals surface area (Å²) in [5.41, 5.74) is 1.74. The maximum Gasteiger partial charge on any atom is 0.225 e. The van der Waals surface area contributed by atoms with E-state index in [1.54, 1.807) is 6.07 Å². The predicted octanol–water partition coefficient (Wildman–Crippen LogP) is 3.79. The number of amides is 1. The van der Waals surface area contributed by atoms with Crippen molar-refractivity contribution in [2.75, 3.05) is 13.2 Å². The van der Waals surface area contributed by atoms with E-state index in [4.69, 9.17) is 21.1 Å². The molecule has 0 aromatic heterocycles. The summed E-state index contributed by atoms with van der Waals surface area (Å²) in [5.74, 6) is 7.19. The van der Waals surface area contributed by atoms with Gasteiger partial charge in [0.05, 0.1) is 13.0 Å². The Hall–Kier alpha value is -2.64. The smallest absolute Gasteiger partial charge is 0.225 e. The summed E-state index contributed by atoms with van der Waals surface area (Å²) in [4.78, 5) is 11.9. The van der Waals surface area contributed by atoms with Gasteiger partial charge in [-0.2, -0.15) is 0 Å². The molecule has 27 heavy (non-hydrogen) atoms. The van der Waals surface area contributed by atoms with Gasteiger partial charge in [-0.25, -0.2) is 0 Å². The van der Waals surface area contributed by atoms with Crippen LogP contribution in [0.5, 0.6) is 11.5 Å². The maximum atomic E-state index is 11.9. The van der Waals surface area contributed by atoms with Gasteiger partial charge in [-0.3, -0.25) is 4.79 Å². The van der Waals surface area contributed by atoms with Crippen molar-refractivity contribution in [3.05, 3.63) is 58.6 Å². The molecule has 0 radical (unpaired) electrons. The molecule has 5 heteroatoms. The Morgan fingerprint density at radius 1 is 1.22 bits per heavy atom. The lowest BCUT2D eigenvalue weighted by atomic mass is 10.0. The van der Waals surface area contributed by atoms with E-state index in [-0.39, 0.29) is 31.1 Å². The number of carbonyl (C=O) groups is 1. The van der Waals surface area contributed by atoms with Crippen LogP contribution in [0.1, 0.15) is 25.0 Å². The van der Waals surface area contributed by atoms with Gasteiger partial charge in [-0.15, -0.1) is 0 Å². The van der Waals surface area contributed by atoms with Crippen molar-refractivity contribution < 1.29 is 14.3 Å². The number of benzene rings is 2. The number of carbonyl (C=O) groups excluding carboxylic acids is 1. The van der Waals surface area contributed by atoms with Crippen LogP contribution in [-0.4, -0.2) is 24.7 Å². The van der Waals surface area contributed by atoms with Gasteiger partial charge < -0.3 is 14.8 Å². The zero-order valence-electron chi connectivity index (χ0n) is 15.5. The highest BCUT2D eigenvalue weighted by Crippen LogP contribution is 2.41. The van der Waals surface area contributed by atoms with Crippen molar-refractivity contribution in [2.24, 2.45) is 0 Å². The second kappa shape index (κ2) is 8.37. The molecule has 0 saturated carbocycles.